The van der Waals surface area contributed by atoms with E-state index in [-0.39, 0.29) is 4.47 Å². The number of nitrogens with zero attached hydrogens (tertiary/aromatic N) is 1. The molecular weight excluding hydrogens is 251 g/mol. The first-order valence-corrected chi connectivity index (χ1v) is 4.03. The van der Waals surface area contributed by atoms with E-state index in [0.717, 1.165) is 13.3 Å². The van der Waals surface area contributed by atoms with Crippen LogP contribution in [0.4, 0.5) is 13.2 Å². The molecule has 2 nitrogen and oxygen atoms in total. The van der Waals surface area contributed by atoms with Gasteiger partial charge in [-0.2, -0.15) is 0 Å². The Balaban J connectivity index is 3.30. The fraction of sp³-hybridized carbons (Fsp3) is 0.286. The summed E-state index contributed by atoms with van der Waals surface area (Å²) in [6.45, 7) is 0. The van der Waals surface area contributed by atoms with Crippen LogP contribution in [0.2, 0.25) is 0 Å². The molecule has 0 saturated carbocycles. The lowest BCUT2D eigenvalue weighted by atomic mass is 10.2. The van der Waals surface area contributed by atoms with Crippen molar-refractivity contribution in [2.24, 2.45) is 0 Å². The fourth-order valence-electron chi connectivity index (χ4n) is 0.804. The van der Waals surface area contributed by atoms with Crippen molar-refractivity contribution in [1.82, 2.24) is 4.98 Å². The van der Waals surface area contributed by atoms with Gasteiger partial charge in [0, 0.05) is 10.7 Å². The largest absolute Gasteiger partial charge is 0.479 e. The average molecular weight is 256 g/mol. The molecule has 0 radical (unpaired) electrons. The van der Waals surface area contributed by atoms with Crippen LogP contribution in [-0.4, -0.2) is 12.1 Å². The highest BCUT2D eigenvalue weighted by Crippen LogP contribution is 2.32. The van der Waals surface area contributed by atoms with Gasteiger partial charge < -0.3 is 4.74 Å². The van der Waals surface area contributed by atoms with Crippen LogP contribution in [-0.2, 0) is 0 Å². The third-order valence-electron chi connectivity index (χ3n) is 1.39. The lowest BCUT2D eigenvalue weighted by Gasteiger charge is -2.07. The van der Waals surface area contributed by atoms with E-state index in [1.165, 1.54) is 0 Å². The van der Waals surface area contributed by atoms with Crippen LogP contribution in [0, 0.1) is 5.82 Å². The second kappa shape index (κ2) is 3.95. The summed E-state index contributed by atoms with van der Waals surface area (Å²) < 4.78 is 42.0. The van der Waals surface area contributed by atoms with Crippen molar-refractivity contribution in [2.75, 3.05) is 7.11 Å². The molecule has 0 spiro atoms. The Bertz CT molecular complexity index is 319. The quantitative estimate of drug-likeness (QED) is 0.811. The number of halogens is 4. The molecule has 72 valence electrons. The van der Waals surface area contributed by atoms with Gasteiger partial charge in [-0.15, -0.1) is 0 Å². The zero-order chi connectivity index (χ0) is 10.0. The number of alkyl halides is 2. The molecule has 0 atom stereocenters. The number of hydrogen-bond donors (Lipinski definition) is 0. The number of ether oxygens (including phenoxy) is 1. The molecule has 6 heteroatoms. The first-order valence-electron chi connectivity index (χ1n) is 3.24. The number of methoxy groups -OCH3 is 1. The summed E-state index contributed by atoms with van der Waals surface area (Å²) in [5.41, 5.74) is -0.730. The Kier molecular flexibility index (Phi) is 3.13. The van der Waals surface area contributed by atoms with E-state index >= 15 is 0 Å². The average Bonchev–Trinajstić information content (AvgIpc) is 2.04. The maximum atomic E-state index is 13.1. The molecule has 0 aliphatic carbocycles. The monoisotopic (exact) mass is 255 g/mol. The molecule has 0 aromatic carbocycles. The SMILES string of the molecule is COc1ncc(Br)c(C(F)F)c1F. The van der Waals surface area contributed by atoms with Crippen molar-refractivity contribution in [3.8, 4) is 5.88 Å². The van der Waals surface area contributed by atoms with Gasteiger partial charge in [0.1, 0.15) is 0 Å². The highest BCUT2D eigenvalue weighted by molar-refractivity contribution is 9.10. The Labute approximate surface area is 80.9 Å². The predicted octanol–water partition coefficient (Wildman–Crippen LogP) is 2.93. The highest BCUT2D eigenvalue weighted by atomic mass is 79.9. The van der Waals surface area contributed by atoms with Gasteiger partial charge in [-0.05, 0) is 15.9 Å². The molecule has 0 N–H and O–H groups in total. The third kappa shape index (κ3) is 1.93. The molecule has 0 saturated heterocycles. The van der Waals surface area contributed by atoms with E-state index in [0.29, 0.717) is 0 Å². The van der Waals surface area contributed by atoms with Crippen LogP contribution in [0.25, 0.3) is 0 Å². The van der Waals surface area contributed by atoms with Crippen molar-refractivity contribution in [2.45, 2.75) is 6.43 Å². The molecule has 13 heavy (non-hydrogen) atoms. The molecule has 1 aromatic heterocycles. The van der Waals surface area contributed by atoms with Crippen molar-refractivity contribution in [3.63, 3.8) is 0 Å². The van der Waals surface area contributed by atoms with Crippen molar-refractivity contribution >= 4 is 15.9 Å². The van der Waals surface area contributed by atoms with Crippen LogP contribution in [0.1, 0.15) is 12.0 Å². The second-order valence-corrected chi connectivity index (χ2v) is 3.00. The van der Waals surface area contributed by atoms with Gasteiger partial charge in [-0.3, -0.25) is 0 Å². The molecule has 1 aromatic rings. The summed E-state index contributed by atoms with van der Waals surface area (Å²) in [5.74, 6) is -1.56. The summed E-state index contributed by atoms with van der Waals surface area (Å²) in [5, 5.41) is 0. The molecule has 1 heterocycles. The van der Waals surface area contributed by atoms with Gasteiger partial charge in [0.15, 0.2) is 5.82 Å². The van der Waals surface area contributed by atoms with Crippen LogP contribution >= 0.6 is 15.9 Å². The first-order chi connectivity index (χ1) is 6.07. The van der Waals surface area contributed by atoms with Gasteiger partial charge in [0.05, 0.1) is 12.7 Å². The summed E-state index contributed by atoms with van der Waals surface area (Å²) in [6, 6.07) is 0. The van der Waals surface area contributed by atoms with Gasteiger partial charge >= 0.3 is 0 Å². The second-order valence-electron chi connectivity index (χ2n) is 2.14. The minimum Gasteiger partial charge on any atom is -0.479 e. The molecule has 0 amide bonds. The predicted molar refractivity (Wildman–Crippen MR) is 43.4 cm³/mol. The third-order valence-corrected chi connectivity index (χ3v) is 2.02. The lowest BCUT2D eigenvalue weighted by Crippen LogP contribution is -1.99. The first kappa shape index (κ1) is 10.3. The fourth-order valence-corrected chi connectivity index (χ4v) is 1.25. The summed E-state index contributed by atoms with van der Waals surface area (Å²) in [4.78, 5) is 3.46. The number of aromatic nitrogens is 1. The van der Waals surface area contributed by atoms with E-state index in [1.807, 2.05) is 0 Å². The molecule has 0 aliphatic heterocycles. The molecule has 0 aliphatic rings. The zero-order valence-electron chi connectivity index (χ0n) is 6.52. The smallest absolute Gasteiger partial charge is 0.268 e. The number of hydrogen-bond acceptors (Lipinski definition) is 2. The molecule has 1 rings (SSSR count). The zero-order valence-corrected chi connectivity index (χ0v) is 8.11. The number of pyridine rings is 1. The Morgan fingerprint density at radius 1 is 1.54 bits per heavy atom. The van der Waals surface area contributed by atoms with Crippen molar-refractivity contribution < 1.29 is 17.9 Å². The molecular formula is C7H5BrF3NO. The normalized spacial score (nSPS) is 10.6. The van der Waals surface area contributed by atoms with Crippen molar-refractivity contribution in [1.29, 1.82) is 0 Å². The van der Waals surface area contributed by atoms with Gasteiger partial charge in [-0.1, -0.05) is 0 Å². The Morgan fingerprint density at radius 3 is 2.62 bits per heavy atom. The number of rotatable bonds is 2. The van der Waals surface area contributed by atoms with E-state index in [4.69, 9.17) is 0 Å². The minimum absolute atomic E-state index is 0.0687. The van der Waals surface area contributed by atoms with Gasteiger partial charge in [0.25, 0.3) is 12.3 Å². The minimum atomic E-state index is -2.90. The van der Waals surface area contributed by atoms with E-state index in [1.54, 1.807) is 0 Å². The van der Waals surface area contributed by atoms with Gasteiger partial charge in [0.2, 0.25) is 0 Å². The molecule has 0 unspecified atom stereocenters. The molecule has 0 bridgehead atoms. The summed E-state index contributed by atoms with van der Waals surface area (Å²) in [7, 11) is 1.16. The molecule has 0 fully saturated rings. The van der Waals surface area contributed by atoms with Crippen molar-refractivity contribution in [3.05, 3.63) is 22.1 Å². The maximum Gasteiger partial charge on any atom is 0.268 e. The lowest BCUT2D eigenvalue weighted by molar-refractivity contribution is 0.144. The highest BCUT2D eigenvalue weighted by Gasteiger charge is 2.21. The topological polar surface area (TPSA) is 22.1 Å². The Morgan fingerprint density at radius 2 is 2.15 bits per heavy atom. The summed E-state index contributed by atoms with van der Waals surface area (Å²) in [6.07, 6.45) is -1.82. The summed E-state index contributed by atoms with van der Waals surface area (Å²) >= 11 is 2.77. The maximum absolute atomic E-state index is 13.1. The van der Waals surface area contributed by atoms with Crippen LogP contribution in [0.3, 0.4) is 0 Å². The van der Waals surface area contributed by atoms with Crippen LogP contribution in [0.15, 0.2) is 10.7 Å². The Hall–Kier alpha value is -0.780. The van der Waals surface area contributed by atoms with E-state index in [9.17, 15) is 13.2 Å². The van der Waals surface area contributed by atoms with E-state index in [2.05, 4.69) is 25.7 Å². The standard InChI is InChI=1S/C7H5BrF3NO/c1-13-7-5(9)4(6(10)11)3(8)2-12-7/h2,6H,1H3. The van der Waals surface area contributed by atoms with Crippen LogP contribution < -0.4 is 4.74 Å². The van der Waals surface area contributed by atoms with Gasteiger partial charge in [-0.25, -0.2) is 18.2 Å². The van der Waals surface area contributed by atoms with E-state index < -0.39 is 23.7 Å². The van der Waals surface area contributed by atoms with Crippen LogP contribution in [0.5, 0.6) is 5.88 Å².